The van der Waals surface area contributed by atoms with E-state index in [0.717, 1.165) is 16.9 Å². The van der Waals surface area contributed by atoms with E-state index in [1.165, 1.54) is 32.1 Å². The zero-order valence-electron chi connectivity index (χ0n) is 9.32. The highest BCUT2D eigenvalue weighted by atomic mass is 79.9. The van der Waals surface area contributed by atoms with Gasteiger partial charge in [-0.25, -0.2) is 4.98 Å². The summed E-state index contributed by atoms with van der Waals surface area (Å²) in [6, 6.07) is 0.616. The van der Waals surface area contributed by atoms with Crippen LogP contribution in [0.4, 0.5) is 0 Å². The minimum Gasteiger partial charge on any atom is -0.334 e. The Balaban J connectivity index is 2.02. The van der Waals surface area contributed by atoms with Crippen molar-refractivity contribution in [3.8, 4) is 0 Å². The van der Waals surface area contributed by atoms with Crippen LogP contribution in [0.5, 0.6) is 0 Å². The number of alkyl halides is 1. The van der Waals surface area contributed by atoms with E-state index in [0.29, 0.717) is 6.04 Å². The summed E-state index contributed by atoms with van der Waals surface area (Å²) < 4.78 is 2.28. The summed E-state index contributed by atoms with van der Waals surface area (Å²) in [6.07, 6.45) is 11.2. The lowest BCUT2D eigenvalue weighted by atomic mass is 9.84. The van der Waals surface area contributed by atoms with Gasteiger partial charge in [0, 0.05) is 17.6 Å². The van der Waals surface area contributed by atoms with E-state index in [9.17, 15) is 0 Å². The third-order valence-corrected chi connectivity index (χ3v) is 4.17. The van der Waals surface area contributed by atoms with Crippen molar-refractivity contribution in [3.63, 3.8) is 0 Å². The predicted octanol–water partition coefficient (Wildman–Crippen LogP) is 3.92. The molecule has 2 nitrogen and oxygen atoms in total. The van der Waals surface area contributed by atoms with Crippen LogP contribution in [0.3, 0.4) is 0 Å². The van der Waals surface area contributed by atoms with Crippen LogP contribution in [0, 0.1) is 5.92 Å². The summed E-state index contributed by atoms with van der Waals surface area (Å²) in [5, 5.41) is 0.859. The van der Waals surface area contributed by atoms with Crippen LogP contribution >= 0.6 is 15.9 Å². The number of halogens is 1. The zero-order chi connectivity index (χ0) is 10.7. The van der Waals surface area contributed by atoms with Crippen LogP contribution in [0.1, 0.15) is 50.8 Å². The minimum absolute atomic E-state index is 0.616. The first-order valence-corrected chi connectivity index (χ1v) is 7.01. The molecule has 1 heterocycles. The Labute approximate surface area is 100 Å². The van der Waals surface area contributed by atoms with E-state index in [-0.39, 0.29) is 0 Å². The third kappa shape index (κ3) is 2.63. The number of imidazole rings is 1. The van der Waals surface area contributed by atoms with E-state index in [2.05, 4.69) is 38.6 Å². The number of aromatic nitrogens is 2. The Morgan fingerprint density at radius 1 is 1.47 bits per heavy atom. The summed E-state index contributed by atoms with van der Waals surface area (Å²) in [5.41, 5.74) is 1.14. The number of hydrogen-bond acceptors (Lipinski definition) is 1. The second-order valence-corrected chi connectivity index (χ2v) is 5.15. The molecule has 0 aliphatic heterocycles. The fourth-order valence-electron chi connectivity index (χ4n) is 2.53. The monoisotopic (exact) mass is 270 g/mol. The second-order valence-electron chi connectivity index (χ2n) is 4.58. The largest absolute Gasteiger partial charge is 0.334 e. The molecule has 1 aromatic heterocycles. The van der Waals surface area contributed by atoms with E-state index >= 15 is 0 Å². The molecule has 1 atom stereocenters. The molecule has 0 saturated heterocycles. The smallest absolute Gasteiger partial charge is 0.0952 e. The van der Waals surface area contributed by atoms with Crippen molar-refractivity contribution in [2.45, 2.75) is 50.4 Å². The lowest BCUT2D eigenvalue weighted by Crippen LogP contribution is -2.18. The molecule has 0 spiro atoms. The molecule has 84 valence electrons. The summed E-state index contributed by atoms with van der Waals surface area (Å²) in [5.74, 6) is 0.858. The van der Waals surface area contributed by atoms with Crippen molar-refractivity contribution in [2.24, 2.45) is 5.92 Å². The SMILES string of the molecule is CC(C1CCCCC1)n1cnc(CBr)c1. The van der Waals surface area contributed by atoms with Crippen molar-refractivity contribution >= 4 is 15.9 Å². The van der Waals surface area contributed by atoms with Gasteiger partial charge in [0.1, 0.15) is 0 Å². The molecule has 0 radical (unpaired) electrons. The van der Waals surface area contributed by atoms with Gasteiger partial charge >= 0.3 is 0 Å². The molecule has 3 heteroatoms. The molecule has 0 bridgehead atoms. The predicted molar refractivity (Wildman–Crippen MR) is 66.1 cm³/mol. The van der Waals surface area contributed by atoms with Gasteiger partial charge in [0.15, 0.2) is 0 Å². The van der Waals surface area contributed by atoms with E-state index < -0.39 is 0 Å². The number of rotatable bonds is 3. The Kier molecular flexibility index (Phi) is 3.84. The highest BCUT2D eigenvalue weighted by Gasteiger charge is 2.21. The first kappa shape index (κ1) is 11.2. The molecule has 0 N–H and O–H groups in total. The fourth-order valence-corrected chi connectivity index (χ4v) is 2.82. The van der Waals surface area contributed by atoms with Crippen LogP contribution < -0.4 is 0 Å². The van der Waals surface area contributed by atoms with Crippen molar-refractivity contribution in [2.75, 3.05) is 0 Å². The zero-order valence-corrected chi connectivity index (χ0v) is 10.9. The Hall–Kier alpha value is -0.310. The van der Waals surface area contributed by atoms with Gasteiger partial charge in [0.05, 0.1) is 12.0 Å². The lowest BCUT2D eigenvalue weighted by molar-refractivity contribution is 0.264. The van der Waals surface area contributed by atoms with Gasteiger partial charge in [-0.2, -0.15) is 0 Å². The molecule has 1 saturated carbocycles. The first-order valence-electron chi connectivity index (χ1n) is 5.89. The van der Waals surface area contributed by atoms with Crippen LogP contribution in [0.15, 0.2) is 12.5 Å². The molecular formula is C12H19BrN2. The fraction of sp³-hybridized carbons (Fsp3) is 0.750. The van der Waals surface area contributed by atoms with Crippen LogP contribution in [-0.2, 0) is 5.33 Å². The third-order valence-electron chi connectivity index (χ3n) is 3.59. The molecule has 1 fully saturated rings. The van der Waals surface area contributed by atoms with E-state index in [4.69, 9.17) is 0 Å². The van der Waals surface area contributed by atoms with Gasteiger partial charge in [0.2, 0.25) is 0 Å². The van der Waals surface area contributed by atoms with Gasteiger partial charge in [0.25, 0.3) is 0 Å². The second kappa shape index (κ2) is 5.15. The molecule has 15 heavy (non-hydrogen) atoms. The Morgan fingerprint density at radius 3 is 2.80 bits per heavy atom. The normalized spacial score (nSPS) is 20.4. The molecule has 1 aromatic rings. The van der Waals surface area contributed by atoms with Gasteiger partial charge in [-0.05, 0) is 25.7 Å². The van der Waals surface area contributed by atoms with Gasteiger partial charge in [-0.1, -0.05) is 35.2 Å². The van der Waals surface area contributed by atoms with Gasteiger partial charge < -0.3 is 4.57 Å². The molecule has 2 rings (SSSR count). The van der Waals surface area contributed by atoms with E-state index in [1.807, 2.05) is 6.33 Å². The maximum absolute atomic E-state index is 4.37. The van der Waals surface area contributed by atoms with Gasteiger partial charge in [-0.3, -0.25) is 0 Å². The van der Waals surface area contributed by atoms with Crippen LogP contribution in [-0.4, -0.2) is 9.55 Å². The standard InChI is InChI=1S/C12H19BrN2/c1-10(11-5-3-2-4-6-11)15-8-12(7-13)14-9-15/h8-11H,2-7H2,1H3. The summed E-state index contributed by atoms with van der Waals surface area (Å²) >= 11 is 3.44. The lowest BCUT2D eigenvalue weighted by Gasteiger charge is -2.28. The van der Waals surface area contributed by atoms with Crippen LogP contribution in [0.25, 0.3) is 0 Å². The molecule has 1 aliphatic rings. The molecule has 1 unspecified atom stereocenters. The molecular weight excluding hydrogens is 252 g/mol. The highest BCUT2D eigenvalue weighted by Crippen LogP contribution is 2.32. The summed E-state index contributed by atoms with van der Waals surface area (Å²) in [4.78, 5) is 4.37. The molecule has 1 aliphatic carbocycles. The number of hydrogen-bond donors (Lipinski definition) is 0. The van der Waals surface area contributed by atoms with Crippen molar-refractivity contribution in [3.05, 3.63) is 18.2 Å². The minimum atomic E-state index is 0.616. The highest BCUT2D eigenvalue weighted by molar-refractivity contribution is 9.08. The summed E-state index contributed by atoms with van der Waals surface area (Å²) in [6.45, 7) is 2.33. The Morgan fingerprint density at radius 2 is 2.20 bits per heavy atom. The quantitative estimate of drug-likeness (QED) is 0.762. The Bertz CT molecular complexity index is 302. The maximum atomic E-state index is 4.37. The maximum Gasteiger partial charge on any atom is 0.0952 e. The molecule has 0 amide bonds. The van der Waals surface area contributed by atoms with Gasteiger partial charge in [-0.15, -0.1) is 0 Å². The topological polar surface area (TPSA) is 17.8 Å². The van der Waals surface area contributed by atoms with E-state index in [1.54, 1.807) is 0 Å². The van der Waals surface area contributed by atoms with Crippen molar-refractivity contribution in [1.29, 1.82) is 0 Å². The number of nitrogens with zero attached hydrogens (tertiary/aromatic N) is 2. The van der Waals surface area contributed by atoms with Crippen molar-refractivity contribution in [1.82, 2.24) is 9.55 Å². The van der Waals surface area contributed by atoms with Crippen molar-refractivity contribution < 1.29 is 0 Å². The molecule has 0 aromatic carbocycles. The van der Waals surface area contributed by atoms with Crippen LogP contribution in [0.2, 0.25) is 0 Å². The average molecular weight is 271 g/mol. The average Bonchev–Trinajstić information content (AvgIpc) is 2.78. The summed E-state index contributed by atoms with van der Waals surface area (Å²) in [7, 11) is 0. The first-order chi connectivity index (χ1) is 7.31.